The zero-order valence-electron chi connectivity index (χ0n) is 18.9. The summed E-state index contributed by atoms with van der Waals surface area (Å²) in [7, 11) is -0.888. The van der Waals surface area contributed by atoms with Gasteiger partial charge in [0.25, 0.3) is 0 Å². The van der Waals surface area contributed by atoms with Crippen molar-refractivity contribution in [1.82, 2.24) is 10.3 Å². The quantitative estimate of drug-likeness (QED) is 0.610. The molecule has 2 heterocycles. The van der Waals surface area contributed by atoms with Gasteiger partial charge in [0, 0.05) is 12.7 Å². The van der Waals surface area contributed by atoms with Gasteiger partial charge < -0.3 is 19.4 Å². The van der Waals surface area contributed by atoms with E-state index in [0.717, 1.165) is 23.9 Å². The van der Waals surface area contributed by atoms with Crippen LogP contribution < -0.4 is 5.32 Å². The molecule has 3 rings (SSSR count). The molecule has 0 saturated carbocycles. The Bertz CT molecular complexity index is 994. The Morgan fingerprint density at radius 2 is 1.76 bits per heavy atom. The van der Waals surface area contributed by atoms with E-state index in [-0.39, 0.29) is 18.8 Å². The van der Waals surface area contributed by atoms with Gasteiger partial charge in [-0.25, -0.2) is 4.79 Å². The molecule has 6 nitrogen and oxygen atoms in total. The minimum absolute atomic E-state index is 0.0639. The van der Waals surface area contributed by atoms with Crippen LogP contribution in [0.4, 0.5) is 18.0 Å². The molecule has 1 N–H and O–H groups in total. The van der Waals surface area contributed by atoms with Crippen LogP contribution in [0.3, 0.4) is 0 Å². The van der Waals surface area contributed by atoms with E-state index in [9.17, 15) is 18.0 Å². The summed E-state index contributed by atoms with van der Waals surface area (Å²) in [6.07, 6.45) is -2.68. The van der Waals surface area contributed by atoms with Crippen LogP contribution in [0, 0.1) is 0 Å². The van der Waals surface area contributed by atoms with E-state index in [2.05, 4.69) is 10.3 Å². The summed E-state index contributed by atoms with van der Waals surface area (Å²) < 4.78 is 56.6. The maximum absolute atomic E-state index is 13.1. The van der Waals surface area contributed by atoms with Crippen LogP contribution in [0.2, 0.25) is 0 Å². The van der Waals surface area contributed by atoms with Gasteiger partial charge >= 0.3 is 19.4 Å². The maximum atomic E-state index is 13.1. The number of alkyl carbamates (subject to hydrolysis) is 1. The SMILES string of the molecule is CC1(C)OB(C(=Cc2cc(C(F)(F)F)ccn2)CNC(=O)OCc2ccccc2)OC1(C)C. The van der Waals surface area contributed by atoms with Gasteiger partial charge in [-0.15, -0.1) is 0 Å². The summed E-state index contributed by atoms with van der Waals surface area (Å²) in [5.74, 6) is 0. The number of amides is 1. The fourth-order valence-electron chi connectivity index (χ4n) is 3.04. The Balaban J connectivity index is 1.78. The Labute approximate surface area is 191 Å². The number of halogens is 3. The van der Waals surface area contributed by atoms with Gasteiger partial charge in [0.15, 0.2) is 0 Å². The zero-order valence-corrected chi connectivity index (χ0v) is 18.9. The Morgan fingerprint density at radius 1 is 1.12 bits per heavy atom. The highest BCUT2D eigenvalue weighted by Gasteiger charge is 2.52. The third kappa shape index (κ3) is 6.36. The third-order valence-electron chi connectivity index (χ3n) is 5.65. The first-order chi connectivity index (χ1) is 15.4. The molecule has 0 aliphatic carbocycles. The number of benzene rings is 1. The summed E-state index contributed by atoms with van der Waals surface area (Å²) >= 11 is 0. The molecule has 1 aliphatic heterocycles. The molecule has 1 aromatic heterocycles. The Hall–Kier alpha value is -2.85. The van der Waals surface area contributed by atoms with E-state index in [1.54, 1.807) is 0 Å². The number of carbonyl (C=O) groups is 1. The summed E-state index contributed by atoms with van der Waals surface area (Å²) in [6, 6.07) is 11.0. The minimum atomic E-state index is -4.50. The molecule has 0 unspecified atom stereocenters. The predicted octanol–water partition coefficient (Wildman–Crippen LogP) is 5.04. The number of rotatable bonds is 6. The van der Waals surface area contributed by atoms with E-state index >= 15 is 0 Å². The van der Waals surface area contributed by atoms with Crippen molar-refractivity contribution in [3.8, 4) is 0 Å². The lowest BCUT2D eigenvalue weighted by atomic mass is 9.77. The number of nitrogens with one attached hydrogen (secondary N) is 1. The van der Waals surface area contributed by atoms with Crippen LogP contribution in [-0.2, 0) is 26.8 Å². The van der Waals surface area contributed by atoms with Gasteiger partial charge in [-0.3, -0.25) is 4.98 Å². The van der Waals surface area contributed by atoms with Crippen molar-refractivity contribution in [1.29, 1.82) is 0 Å². The molecule has 2 aromatic rings. The molecule has 0 radical (unpaired) electrons. The van der Waals surface area contributed by atoms with E-state index in [0.29, 0.717) is 5.47 Å². The lowest BCUT2D eigenvalue weighted by Crippen LogP contribution is -2.41. The molecule has 0 spiro atoms. The first kappa shape index (κ1) is 24.8. The number of hydrogen-bond acceptors (Lipinski definition) is 5. The minimum Gasteiger partial charge on any atom is -0.445 e. The van der Waals surface area contributed by atoms with Crippen molar-refractivity contribution in [3.05, 3.63) is 71.0 Å². The number of aromatic nitrogens is 1. The number of hydrogen-bond donors (Lipinski definition) is 1. The number of nitrogens with zero attached hydrogens (tertiary/aromatic N) is 1. The van der Waals surface area contributed by atoms with Gasteiger partial charge in [-0.2, -0.15) is 13.2 Å². The predicted molar refractivity (Wildman–Crippen MR) is 118 cm³/mol. The van der Waals surface area contributed by atoms with Crippen molar-refractivity contribution in [3.63, 3.8) is 0 Å². The second-order valence-electron chi connectivity index (χ2n) is 8.69. The molecule has 1 fully saturated rings. The van der Waals surface area contributed by atoms with Crippen LogP contribution >= 0.6 is 0 Å². The van der Waals surface area contributed by atoms with Crippen LogP contribution in [-0.4, -0.2) is 35.9 Å². The molecule has 176 valence electrons. The Morgan fingerprint density at radius 3 is 2.36 bits per heavy atom. The standard InChI is InChI=1S/C23H26BF3N2O4/c1-21(2)22(3,4)33-24(32-21)18(13-19-12-17(10-11-28-19)23(25,26)27)14-29-20(30)31-15-16-8-6-5-7-9-16/h5-13H,14-15H2,1-4H3,(H,29,30). The Kier molecular flexibility index (Phi) is 7.19. The van der Waals surface area contributed by atoms with Gasteiger partial charge in [0.1, 0.15) is 6.61 Å². The largest absolute Gasteiger partial charge is 0.492 e. The van der Waals surface area contributed by atoms with Crippen LogP contribution in [0.5, 0.6) is 0 Å². The molecule has 1 aliphatic rings. The zero-order chi connectivity index (χ0) is 24.3. The number of ether oxygens (including phenoxy) is 1. The fourth-order valence-corrected chi connectivity index (χ4v) is 3.04. The molecule has 33 heavy (non-hydrogen) atoms. The van der Waals surface area contributed by atoms with Crippen molar-refractivity contribution >= 4 is 19.3 Å². The van der Waals surface area contributed by atoms with Crippen molar-refractivity contribution in [2.75, 3.05) is 6.54 Å². The summed E-state index contributed by atoms with van der Waals surface area (Å²) in [4.78, 5) is 16.2. The summed E-state index contributed by atoms with van der Waals surface area (Å²) in [5, 5.41) is 2.61. The fraction of sp³-hybridized carbons (Fsp3) is 0.391. The molecule has 1 saturated heterocycles. The third-order valence-corrected chi connectivity index (χ3v) is 5.65. The van der Waals surface area contributed by atoms with Gasteiger partial charge in [-0.05, 0) is 56.9 Å². The smallest absolute Gasteiger partial charge is 0.445 e. The topological polar surface area (TPSA) is 69.7 Å². The molecule has 1 amide bonds. The van der Waals surface area contributed by atoms with Crippen molar-refractivity contribution in [2.24, 2.45) is 0 Å². The normalized spacial score (nSPS) is 17.7. The highest BCUT2D eigenvalue weighted by atomic mass is 19.4. The molecule has 0 bridgehead atoms. The highest BCUT2D eigenvalue weighted by Crippen LogP contribution is 2.39. The first-order valence-electron chi connectivity index (χ1n) is 10.4. The maximum Gasteiger partial charge on any atom is 0.492 e. The summed E-state index contributed by atoms with van der Waals surface area (Å²) in [5.41, 5.74) is -0.890. The average Bonchev–Trinajstić information content (AvgIpc) is 2.96. The van der Waals surface area contributed by atoms with E-state index in [1.807, 2.05) is 58.0 Å². The van der Waals surface area contributed by atoms with Crippen LogP contribution in [0.1, 0.15) is 44.5 Å². The molecule has 10 heteroatoms. The van der Waals surface area contributed by atoms with Crippen molar-refractivity contribution in [2.45, 2.75) is 51.7 Å². The molecule has 0 atom stereocenters. The lowest BCUT2D eigenvalue weighted by Gasteiger charge is -2.32. The van der Waals surface area contributed by atoms with E-state index in [4.69, 9.17) is 14.0 Å². The van der Waals surface area contributed by atoms with Crippen LogP contribution in [0.25, 0.3) is 6.08 Å². The molecular weight excluding hydrogens is 436 g/mol. The second-order valence-corrected chi connectivity index (χ2v) is 8.69. The van der Waals surface area contributed by atoms with E-state index in [1.165, 1.54) is 6.08 Å². The van der Waals surface area contributed by atoms with Gasteiger partial charge in [0.05, 0.1) is 22.5 Å². The molecular formula is C23H26BF3N2O4. The second kappa shape index (κ2) is 9.57. The molecule has 1 aromatic carbocycles. The van der Waals surface area contributed by atoms with Gasteiger partial charge in [-0.1, -0.05) is 30.3 Å². The number of pyridine rings is 1. The number of alkyl halides is 3. The van der Waals surface area contributed by atoms with Crippen LogP contribution in [0.15, 0.2) is 54.1 Å². The monoisotopic (exact) mass is 462 g/mol. The van der Waals surface area contributed by atoms with E-state index < -0.39 is 36.2 Å². The highest BCUT2D eigenvalue weighted by molar-refractivity contribution is 6.56. The first-order valence-corrected chi connectivity index (χ1v) is 10.4. The van der Waals surface area contributed by atoms with Gasteiger partial charge in [0.2, 0.25) is 0 Å². The average molecular weight is 462 g/mol. The van der Waals surface area contributed by atoms with Crippen molar-refractivity contribution < 1.29 is 32.0 Å². The lowest BCUT2D eigenvalue weighted by molar-refractivity contribution is -0.137. The summed E-state index contributed by atoms with van der Waals surface area (Å²) in [6.45, 7) is 7.44. The number of carbonyl (C=O) groups excluding carboxylic acids is 1.